The highest BCUT2D eigenvalue weighted by Crippen LogP contribution is 2.41. The molecule has 0 aliphatic carbocycles. The lowest BCUT2D eigenvalue weighted by atomic mass is 10.0. The second kappa shape index (κ2) is 9.84. The van der Waals surface area contributed by atoms with Crippen LogP contribution in [0.2, 0.25) is 0 Å². The molecule has 7 nitrogen and oxygen atoms in total. The van der Waals surface area contributed by atoms with Gasteiger partial charge in [-0.2, -0.15) is 0 Å². The fourth-order valence-electron chi connectivity index (χ4n) is 5.18. The molecule has 1 aliphatic rings. The molecule has 186 valence electrons. The van der Waals surface area contributed by atoms with E-state index in [1.54, 1.807) is 0 Å². The molecule has 0 radical (unpaired) electrons. The fourth-order valence-corrected chi connectivity index (χ4v) is 5.18. The van der Waals surface area contributed by atoms with Crippen molar-refractivity contribution in [3.63, 3.8) is 0 Å². The van der Waals surface area contributed by atoms with Crippen LogP contribution in [0.15, 0.2) is 54.6 Å². The first-order valence-corrected chi connectivity index (χ1v) is 12.5. The van der Waals surface area contributed by atoms with Crippen molar-refractivity contribution in [2.75, 3.05) is 47.8 Å². The minimum Gasteiger partial charge on any atom is -0.339 e. The molecule has 0 bridgehead atoms. The maximum absolute atomic E-state index is 13.7. The molecule has 0 saturated carbocycles. The summed E-state index contributed by atoms with van der Waals surface area (Å²) in [5.41, 5.74) is 4.39. The highest BCUT2D eigenvalue weighted by molar-refractivity contribution is 6.30. The highest BCUT2D eigenvalue weighted by atomic mass is 16.2. The average molecular weight is 484 g/mol. The lowest BCUT2D eigenvalue weighted by Gasteiger charge is -2.15. The van der Waals surface area contributed by atoms with Crippen LogP contribution in [0.25, 0.3) is 33.1 Å². The van der Waals surface area contributed by atoms with E-state index in [0.717, 1.165) is 65.5 Å². The molecular weight excluding hydrogens is 450 g/mol. The lowest BCUT2D eigenvalue weighted by molar-refractivity contribution is 0.0648. The predicted octanol–water partition coefficient (Wildman–Crippen LogP) is 4.36. The quantitative estimate of drug-likeness (QED) is 0.331. The molecule has 0 spiro atoms. The third-order valence-electron chi connectivity index (χ3n) is 6.83. The first-order chi connectivity index (χ1) is 17.4. The highest BCUT2D eigenvalue weighted by Gasteiger charge is 2.40. The molecule has 36 heavy (non-hydrogen) atoms. The van der Waals surface area contributed by atoms with E-state index in [2.05, 4.69) is 40.6 Å². The monoisotopic (exact) mass is 483 g/mol. The summed E-state index contributed by atoms with van der Waals surface area (Å²) in [6.07, 6.45) is 1.68. The number of rotatable bonds is 9. The number of amides is 2. The zero-order valence-electron chi connectivity index (χ0n) is 21.5. The van der Waals surface area contributed by atoms with Crippen LogP contribution >= 0.6 is 0 Å². The molecule has 0 N–H and O–H groups in total. The van der Waals surface area contributed by atoms with Gasteiger partial charge < -0.3 is 14.4 Å². The molecule has 0 saturated heterocycles. The zero-order chi connectivity index (χ0) is 25.4. The third-order valence-corrected chi connectivity index (χ3v) is 6.83. The van der Waals surface area contributed by atoms with Crippen molar-refractivity contribution >= 4 is 33.6 Å². The maximum atomic E-state index is 13.7. The number of carbonyl (C=O) groups excluding carboxylic acids is 2. The van der Waals surface area contributed by atoms with E-state index >= 15 is 0 Å². The van der Waals surface area contributed by atoms with Gasteiger partial charge in [0, 0.05) is 34.9 Å². The normalized spacial score (nSPS) is 13.7. The van der Waals surface area contributed by atoms with Gasteiger partial charge in [0.25, 0.3) is 11.8 Å². The van der Waals surface area contributed by atoms with Gasteiger partial charge >= 0.3 is 0 Å². The number of carbonyl (C=O) groups is 2. The van der Waals surface area contributed by atoms with Gasteiger partial charge in [0.05, 0.1) is 16.8 Å². The van der Waals surface area contributed by atoms with Crippen molar-refractivity contribution in [2.24, 2.45) is 0 Å². The van der Waals surface area contributed by atoms with E-state index in [-0.39, 0.29) is 17.5 Å². The number of nitrogens with zero attached hydrogens (tertiary/aromatic N) is 5. The summed E-state index contributed by atoms with van der Waals surface area (Å²) in [4.78, 5) is 37.8. The Labute approximate surface area is 211 Å². The van der Waals surface area contributed by atoms with Crippen LogP contribution in [0.5, 0.6) is 0 Å². The van der Waals surface area contributed by atoms with Crippen molar-refractivity contribution in [3.05, 3.63) is 65.9 Å². The van der Waals surface area contributed by atoms with Gasteiger partial charge in [-0.3, -0.25) is 14.5 Å². The Hall–Kier alpha value is -3.55. The second-order valence-corrected chi connectivity index (χ2v) is 10.0. The zero-order valence-corrected chi connectivity index (χ0v) is 21.5. The molecule has 2 amide bonds. The summed E-state index contributed by atoms with van der Waals surface area (Å²) in [5.74, 6) is -0.528. The van der Waals surface area contributed by atoms with Gasteiger partial charge in [0.2, 0.25) is 0 Å². The van der Waals surface area contributed by atoms with Gasteiger partial charge in [0.1, 0.15) is 5.69 Å². The Kier molecular flexibility index (Phi) is 6.60. The maximum Gasteiger partial charge on any atom is 0.280 e. The molecule has 2 aromatic carbocycles. The Morgan fingerprint density at radius 3 is 2.08 bits per heavy atom. The summed E-state index contributed by atoms with van der Waals surface area (Å²) in [6, 6.07) is 18.2. The van der Waals surface area contributed by atoms with Gasteiger partial charge in [-0.1, -0.05) is 48.5 Å². The van der Waals surface area contributed by atoms with Crippen molar-refractivity contribution in [1.82, 2.24) is 24.3 Å². The fraction of sp³-hybridized carbons (Fsp3) is 0.345. The number of hydrogen-bond donors (Lipinski definition) is 0. The van der Waals surface area contributed by atoms with Crippen molar-refractivity contribution < 1.29 is 9.59 Å². The van der Waals surface area contributed by atoms with Crippen molar-refractivity contribution in [1.29, 1.82) is 0 Å². The molecule has 2 aromatic heterocycles. The Bertz CT molecular complexity index is 1440. The van der Waals surface area contributed by atoms with E-state index in [4.69, 9.17) is 4.98 Å². The van der Waals surface area contributed by atoms with Crippen LogP contribution < -0.4 is 0 Å². The summed E-state index contributed by atoms with van der Waals surface area (Å²) in [7, 11) is 8.13. The number of benzene rings is 2. The summed E-state index contributed by atoms with van der Waals surface area (Å²) < 4.78 is 2.29. The summed E-state index contributed by atoms with van der Waals surface area (Å²) >= 11 is 0. The molecule has 0 fully saturated rings. The molecule has 5 rings (SSSR count). The number of hydrogen-bond acceptors (Lipinski definition) is 5. The summed E-state index contributed by atoms with van der Waals surface area (Å²) in [5, 5.41) is 1.83. The second-order valence-electron chi connectivity index (χ2n) is 10.0. The first kappa shape index (κ1) is 24.2. The average Bonchev–Trinajstić information content (AvgIpc) is 3.31. The Morgan fingerprint density at radius 1 is 0.750 bits per heavy atom. The molecular formula is C29H33N5O2. The first-order valence-electron chi connectivity index (χ1n) is 12.5. The molecule has 0 atom stereocenters. The van der Waals surface area contributed by atoms with E-state index in [9.17, 15) is 9.59 Å². The smallest absolute Gasteiger partial charge is 0.280 e. The van der Waals surface area contributed by atoms with Crippen LogP contribution in [0.1, 0.15) is 33.7 Å². The number of fused-ring (bicyclic) bond motifs is 5. The number of para-hydroxylation sites is 1. The molecule has 3 heterocycles. The predicted molar refractivity (Wildman–Crippen MR) is 144 cm³/mol. The number of imide groups is 1. The standard InChI is InChI=1S/C29H33N5O2/c1-31(2)16-10-18-33-22-15-9-8-14-21(22)23-24-26(29(36)34(28(24)35)19-11-17-32(3)4)30-25(27(23)33)20-12-6-5-7-13-20/h5-9,12-15H,10-11,16-19H2,1-4H3. The molecule has 7 heteroatoms. The number of pyridine rings is 1. The number of aromatic nitrogens is 2. The van der Waals surface area contributed by atoms with Gasteiger partial charge in [-0.05, 0) is 60.2 Å². The van der Waals surface area contributed by atoms with Crippen molar-refractivity contribution in [2.45, 2.75) is 19.4 Å². The van der Waals surface area contributed by atoms with Crippen LogP contribution in [-0.2, 0) is 6.54 Å². The largest absolute Gasteiger partial charge is 0.339 e. The summed E-state index contributed by atoms with van der Waals surface area (Å²) in [6.45, 7) is 2.92. The van der Waals surface area contributed by atoms with Gasteiger partial charge in [0.15, 0.2) is 0 Å². The van der Waals surface area contributed by atoms with E-state index < -0.39 is 0 Å². The minimum absolute atomic E-state index is 0.234. The van der Waals surface area contributed by atoms with E-state index in [1.165, 1.54) is 4.90 Å². The molecule has 0 unspecified atom stereocenters. The van der Waals surface area contributed by atoms with Crippen LogP contribution in [-0.4, -0.2) is 83.9 Å². The Balaban J connectivity index is 1.75. The molecule has 1 aliphatic heterocycles. The van der Waals surface area contributed by atoms with Gasteiger partial charge in [-0.15, -0.1) is 0 Å². The lowest BCUT2D eigenvalue weighted by Crippen LogP contribution is -2.32. The van der Waals surface area contributed by atoms with E-state index in [0.29, 0.717) is 12.1 Å². The van der Waals surface area contributed by atoms with Gasteiger partial charge in [-0.25, -0.2) is 4.98 Å². The Morgan fingerprint density at radius 2 is 1.39 bits per heavy atom. The molecule has 4 aromatic rings. The van der Waals surface area contributed by atoms with Crippen LogP contribution in [0, 0.1) is 0 Å². The third kappa shape index (κ3) is 4.18. The van der Waals surface area contributed by atoms with Crippen LogP contribution in [0.4, 0.5) is 0 Å². The van der Waals surface area contributed by atoms with Crippen molar-refractivity contribution in [3.8, 4) is 11.3 Å². The SMILES string of the molecule is CN(C)CCCN1C(=O)c2nc(-c3ccccc3)c3c(c2C1=O)c1ccccc1n3CCCN(C)C. The van der Waals surface area contributed by atoms with Crippen LogP contribution in [0.3, 0.4) is 0 Å². The number of aryl methyl sites for hydroxylation is 1. The topological polar surface area (TPSA) is 61.7 Å². The van der Waals surface area contributed by atoms with E-state index in [1.807, 2.05) is 56.6 Å². The minimum atomic E-state index is -0.294.